The molecule has 0 atom stereocenters. The van der Waals surface area contributed by atoms with Crippen molar-refractivity contribution in [3.63, 3.8) is 0 Å². The molecule has 8 heteroatoms. The van der Waals surface area contributed by atoms with E-state index in [4.69, 9.17) is 29.9 Å². The SMILES string of the molecule is Cc1cccc(-c2cccc3c2-c2nc-3nc3[nH]c(nc4nc(nc5[nH]c(n2)c2cccc(-c6cccc(C)c6)c52)-c2cccc(-c5cccc(C)c5)c2-4)c2cccc(-c4cccc(C)c4)c32)c1. The van der Waals surface area contributed by atoms with Crippen LogP contribution in [0.15, 0.2) is 170 Å². The molecule has 322 valence electrons. The Morgan fingerprint density at radius 2 is 0.588 bits per heavy atom. The van der Waals surface area contributed by atoms with Crippen LogP contribution in [0.25, 0.3) is 134 Å². The van der Waals surface area contributed by atoms with Gasteiger partial charge in [-0.3, -0.25) is 0 Å². The molecular formula is C60H42N8. The van der Waals surface area contributed by atoms with Crippen molar-refractivity contribution >= 4 is 44.1 Å². The average molecular weight is 875 g/mol. The standard InChI is InChI=1S/C60H42N8/c1-33-13-5-17-37(29-33)41-21-9-25-45-49(41)57-61-53(45)66-58-51-43(39-19-7-15-35(3)31-39)23-11-27-47(51)55(63-58)68-60-52-44(40-20-8-16-36(4)32-40)24-12-28-48(52)56(64-60)67-59-50-42(38-18-6-14-34(2)30-38)22-10-26-46(50)54(62-59)65-57/h5-32H,1-4H3,(H2,61,62,63,64,65,66,67,68). The molecule has 11 aromatic rings. The van der Waals surface area contributed by atoms with Crippen molar-refractivity contribution in [3.8, 4) is 90.1 Å². The van der Waals surface area contributed by atoms with Crippen LogP contribution < -0.4 is 0 Å². The van der Waals surface area contributed by atoms with Crippen LogP contribution in [0.4, 0.5) is 0 Å². The summed E-state index contributed by atoms with van der Waals surface area (Å²) in [6, 6.07) is 59.7. The summed E-state index contributed by atoms with van der Waals surface area (Å²) < 4.78 is 0. The van der Waals surface area contributed by atoms with Gasteiger partial charge in [-0.05, 0) is 72.2 Å². The number of fused-ring (bicyclic) bond motifs is 20. The third kappa shape index (κ3) is 6.44. The van der Waals surface area contributed by atoms with Crippen molar-refractivity contribution < 1.29 is 0 Å². The van der Waals surface area contributed by atoms with Crippen molar-refractivity contribution in [2.24, 2.45) is 0 Å². The smallest absolute Gasteiger partial charge is 0.165 e. The number of hydrogen-bond acceptors (Lipinski definition) is 6. The topological polar surface area (TPSA) is 109 Å². The molecule has 2 N–H and O–H groups in total. The van der Waals surface area contributed by atoms with E-state index in [0.717, 1.165) is 88.3 Å². The maximum absolute atomic E-state index is 5.51. The molecule has 8 aromatic carbocycles. The second-order valence-electron chi connectivity index (χ2n) is 18.0. The monoisotopic (exact) mass is 874 g/mol. The van der Waals surface area contributed by atoms with E-state index < -0.39 is 0 Å². The summed E-state index contributed by atoms with van der Waals surface area (Å²) in [7, 11) is 0. The summed E-state index contributed by atoms with van der Waals surface area (Å²) in [4.78, 5) is 40.3. The van der Waals surface area contributed by atoms with Gasteiger partial charge in [0, 0.05) is 43.8 Å². The van der Waals surface area contributed by atoms with Crippen LogP contribution in [-0.4, -0.2) is 39.9 Å². The second kappa shape index (κ2) is 15.4. The van der Waals surface area contributed by atoms with E-state index >= 15 is 0 Å². The predicted molar refractivity (Wildman–Crippen MR) is 277 cm³/mol. The summed E-state index contributed by atoms with van der Waals surface area (Å²) in [5.41, 5.74) is 19.3. The van der Waals surface area contributed by atoms with Crippen LogP contribution in [0.1, 0.15) is 22.3 Å². The van der Waals surface area contributed by atoms with Crippen LogP contribution >= 0.6 is 0 Å². The van der Waals surface area contributed by atoms with Gasteiger partial charge in [0.15, 0.2) is 23.3 Å². The van der Waals surface area contributed by atoms with Gasteiger partial charge in [0.05, 0.1) is 0 Å². The fourth-order valence-electron chi connectivity index (χ4n) is 10.2. The minimum atomic E-state index is 0.552. The zero-order chi connectivity index (χ0) is 45.6. The maximum Gasteiger partial charge on any atom is 0.165 e. The van der Waals surface area contributed by atoms with Crippen molar-refractivity contribution in [2.45, 2.75) is 27.7 Å². The predicted octanol–water partition coefficient (Wildman–Crippen LogP) is 14.8. The van der Waals surface area contributed by atoms with Crippen LogP contribution in [0.5, 0.6) is 0 Å². The van der Waals surface area contributed by atoms with Gasteiger partial charge in [-0.15, -0.1) is 0 Å². The van der Waals surface area contributed by atoms with E-state index in [1.165, 1.54) is 22.3 Å². The van der Waals surface area contributed by atoms with Gasteiger partial charge < -0.3 is 9.97 Å². The highest BCUT2D eigenvalue weighted by Crippen LogP contribution is 2.45. The number of nitrogens with zero attached hydrogens (tertiary/aromatic N) is 6. The molecule has 13 rings (SSSR count). The maximum atomic E-state index is 5.51. The average Bonchev–Trinajstić information content (AvgIpc) is 4.10. The minimum absolute atomic E-state index is 0.552. The van der Waals surface area contributed by atoms with Crippen LogP contribution in [0.2, 0.25) is 0 Å². The Bertz CT molecular complexity index is 3840. The van der Waals surface area contributed by atoms with Gasteiger partial charge in [0.1, 0.15) is 22.6 Å². The fourth-order valence-corrected chi connectivity index (χ4v) is 10.2. The Balaban J connectivity index is 1.22. The van der Waals surface area contributed by atoms with E-state index in [2.05, 4.69) is 208 Å². The number of nitrogens with one attached hydrogen (secondary N) is 2. The third-order valence-corrected chi connectivity index (χ3v) is 13.3. The molecule has 0 radical (unpaired) electrons. The van der Waals surface area contributed by atoms with Crippen molar-refractivity contribution in [3.05, 3.63) is 192 Å². The lowest BCUT2D eigenvalue weighted by Gasteiger charge is -2.09. The van der Waals surface area contributed by atoms with Gasteiger partial charge in [0.25, 0.3) is 0 Å². The quantitative estimate of drug-likeness (QED) is 0.182. The Hall–Kier alpha value is -8.88. The van der Waals surface area contributed by atoms with Gasteiger partial charge in [0.2, 0.25) is 0 Å². The van der Waals surface area contributed by atoms with Crippen molar-refractivity contribution in [2.75, 3.05) is 0 Å². The van der Waals surface area contributed by atoms with Gasteiger partial charge in [-0.25, -0.2) is 29.9 Å². The molecule has 0 unspecified atom stereocenters. The lowest BCUT2D eigenvalue weighted by Crippen LogP contribution is -1.88. The normalized spacial score (nSPS) is 11.8. The lowest BCUT2D eigenvalue weighted by atomic mass is 9.95. The summed E-state index contributed by atoms with van der Waals surface area (Å²) in [6.45, 7) is 8.48. The first kappa shape index (κ1) is 39.5. The molecule has 0 fully saturated rings. The Morgan fingerprint density at radius 3 is 0.971 bits per heavy atom. The molecule has 8 bridgehead atoms. The van der Waals surface area contributed by atoms with Gasteiger partial charge >= 0.3 is 0 Å². The van der Waals surface area contributed by atoms with Gasteiger partial charge in [-0.1, -0.05) is 192 Å². The van der Waals surface area contributed by atoms with Crippen molar-refractivity contribution in [1.82, 2.24) is 39.9 Å². The Morgan fingerprint density at radius 1 is 0.279 bits per heavy atom. The van der Waals surface area contributed by atoms with E-state index in [1.54, 1.807) is 0 Å². The molecule has 5 heterocycles. The number of hydrogen-bond donors (Lipinski definition) is 2. The van der Waals surface area contributed by atoms with Crippen LogP contribution in [0.3, 0.4) is 0 Å². The summed E-state index contributed by atoms with van der Waals surface area (Å²) in [5.74, 6) is 2.22. The summed E-state index contributed by atoms with van der Waals surface area (Å²) in [6.07, 6.45) is 0. The van der Waals surface area contributed by atoms with E-state index in [1.807, 2.05) is 0 Å². The largest absolute Gasteiger partial charge is 0.324 e. The molecule has 0 amide bonds. The molecule has 3 aromatic heterocycles. The molecule has 0 spiro atoms. The van der Waals surface area contributed by atoms with E-state index in [9.17, 15) is 0 Å². The molecular weight excluding hydrogens is 833 g/mol. The van der Waals surface area contributed by atoms with Crippen molar-refractivity contribution in [1.29, 1.82) is 0 Å². The molecule has 0 saturated heterocycles. The number of aryl methyl sites for hydroxylation is 4. The highest BCUT2D eigenvalue weighted by Gasteiger charge is 2.27. The third-order valence-electron chi connectivity index (χ3n) is 13.3. The number of H-pyrrole nitrogens is 2. The highest BCUT2D eigenvalue weighted by molar-refractivity contribution is 6.14. The molecule has 2 aliphatic heterocycles. The number of rotatable bonds is 4. The Labute approximate surface area is 392 Å². The van der Waals surface area contributed by atoms with E-state index in [0.29, 0.717) is 45.9 Å². The molecule has 0 aliphatic carbocycles. The first-order valence-corrected chi connectivity index (χ1v) is 22.9. The highest BCUT2D eigenvalue weighted by atomic mass is 15.1. The molecule has 68 heavy (non-hydrogen) atoms. The summed E-state index contributed by atoms with van der Waals surface area (Å²) >= 11 is 0. The number of aromatic nitrogens is 8. The first-order valence-electron chi connectivity index (χ1n) is 22.9. The van der Waals surface area contributed by atoms with Gasteiger partial charge in [-0.2, -0.15) is 0 Å². The second-order valence-corrected chi connectivity index (χ2v) is 18.0. The Kier molecular flexibility index (Phi) is 8.92. The van der Waals surface area contributed by atoms with Crippen LogP contribution in [0, 0.1) is 27.7 Å². The van der Waals surface area contributed by atoms with Crippen LogP contribution in [-0.2, 0) is 0 Å². The number of benzene rings is 8. The zero-order valence-corrected chi connectivity index (χ0v) is 37.8. The molecule has 0 saturated carbocycles. The number of aromatic amines is 2. The minimum Gasteiger partial charge on any atom is -0.324 e. The zero-order valence-electron chi connectivity index (χ0n) is 37.8. The first-order chi connectivity index (χ1) is 33.3. The lowest BCUT2D eigenvalue weighted by molar-refractivity contribution is 1.19. The fraction of sp³-hybridized carbons (Fsp3) is 0.0667. The molecule has 8 nitrogen and oxygen atoms in total. The summed E-state index contributed by atoms with van der Waals surface area (Å²) in [5, 5.41) is 3.71. The molecule has 2 aliphatic rings. The van der Waals surface area contributed by atoms with E-state index in [-0.39, 0.29) is 0 Å².